The second-order valence-electron chi connectivity index (χ2n) is 5.51. The van der Waals surface area contributed by atoms with E-state index in [1.807, 2.05) is 18.2 Å². The van der Waals surface area contributed by atoms with Crippen molar-refractivity contribution in [3.8, 4) is 22.6 Å². The van der Waals surface area contributed by atoms with Crippen molar-refractivity contribution in [2.75, 3.05) is 33.9 Å². The number of benzene rings is 2. The van der Waals surface area contributed by atoms with Crippen LogP contribution in [0, 0.1) is 0 Å². The van der Waals surface area contributed by atoms with Crippen molar-refractivity contribution in [2.45, 2.75) is 20.3 Å². The van der Waals surface area contributed by atoms with E-state index in [-0.39, 0.29) is 0 Å². The first kappa shape index (κ1) is 17.4. The van der Waals surface area contributed by atoms with Gasteiger partial charge in [-0.25, -0.2) is 0 Å². The standard InChI is InChI=1S/C20H27NO2/c1-5-21(6-2)14-13-16-9-7-10-17(15-16)20-18(22-3)11-8-12-19(20)23-4/h7-12,15H,5-6,13-14H2,1-4H3. The van der Waals surface area contributed by atoms with Gasteiger partial charge in [-0.3, -0.25) is 0 Å². The molecule has 3 heteroatoms. The third-order valence-electron chi connectivity index (χ3n) is 4.25. The molecule has 0 saturated carbocycles. The summed E-state index contributed by atoms with van der Waals surface area (Å²) in [6.45, 7) is 7.69. The molecule has 0 N–H and O–H groups in total. The number of rotatable bonds is 8. The maximum atomic E-state index is 5.53. The Kier molecular flexibility index (Phi) is 6.48. The lowest BCUT2D eigenvalue weighted by Crippen LogP contribution is -2.25. The van der Waals surface area contributed by atoms with Crippen molar-refractivity contribution in [3.63, 3.8) is 0 Å². The fourth-order valence-corrected chi connectivity index (χ4v) is 2.85. The highest BCUT2D eigenvalue weighted by Crippen LogP contribution is 2.38. The molecule has 124 valence electrons. The number of hydrogen-bond donors (Lipinski definition) is 0. The second kappa shape index (κ2) is 8.59. The molecular weight excluding hydrogens is 286 g/mol. The minimum absolute atomic E-state index is 0.838. The molecule has 0 spiro atoms. The molecule has 0 amide bonds. The largest absolute Gasteiger partial charge is 0.496 e. The molecule has 23 heavy (non-hydrogen) atoms. The van der Waals surface area contributed by atoms with Crippen LogP contribution in [0.3, 0.4) is 0 Å². The summed E-state index contributed by atoms with van der Waals surface area (Å²) in [7, 11) is 3.39. The summed E-state index contributed by atoms with van der Waals surface area (Å²) >= 11 is 0. The molecule has 0 aromatic heterocycles. The third-order valence-corrected chi connectivity index (χ3v) is 4.25. The van der Waals surface area contributed by atoms with E-state index in [9.17, 15) is 0 Å². The van der Waals surface area contributed by atoms with Crippen LogP contribution in [0.15, 0.2) is 42.5 Å². The van der Waals surface area contributed by atoms with Gasteiger partial charge in [0.25, 0.3) is 0 Å². The minimum Gasteiger partial charge on any atom is -0.496 e. The van der Waals surface area contributed by atoms with Crippen molar-refractivity contribution in [2.24, 2.45) is 0 Å². The Morgan fingerprint density at radius 1 is 0.870 bits per heavy atom. The third kappa shape index (κ3) is 4.26. The number of hydrogen-bond acceptors (Lipinski definition) is 3. The lowest BCUT2D eigenvalue weighted by Gasteiger charge is -2.18. The Hall–Kier alpha value is -2.00. The predicted molar refractivity (Wildman–Crippen MR) is 96.5 cm³/mol. The van der Waals surface area contributed by atoms with Gasteiger partial charge in [-0.15, -0.1) is 0 Å². The Bertz CT molecular complexity index is 599. The van der Waals surface area contributed by atoms with E-state index in [4.69, 9.17) is 9.47 Å². The van der Waals surface area contributed by atoms with Gasteiger partial charge in [0.15, 0.2) is 0 Å². The van der Waals surface area contributed by atoms with Crippen LogP contribution >= 0.6 is 0 Å². The first-order chi connectivity index (χ1) is 11.2. The zero-order valence-electron chi connectivity index (χ0n) is 14.6. The van der Waals surface area contributed by atoms with Gasteiger partial charge in [0.2, 0.25) is 0 Å². The average Bonchev–Trinajstić information content (AvgIpc) is 2.62. The molecule has 0 fully saturated rings. The monoisotopic (exact) mass is 313 g/mol. The van der Waals surface area contributed by atoms with Crippen LogP contribution in [0.1, 0.15) is 19.4 Å². The molecule has 0 heterocycles. The molecule has 3 nitrogen and oxygen atoms in total. The Morgan fingerprint density at radius 2 is 1.48 bits per heavy atom. The number of ether oxygens (including phenoxy) is 2. The van der Waals surface area contributed by atoms with Crippen LogP contribution in [-0.2, 0) is 6.42 Å². The molecule has 0 aliphatic carbocycles. The van der Waals surface area contributed by atoms with Gasteiger partial charge in [0.05, 0.1) is 19.8 Å². The summed E-state index contributed by atoms with van der Waals surface area (Å²) in [5.41, 5.74) is 3.49. The summed E-state index contributed by atoms with van der Waals surface area (Å²) < 4.78 is 11.1. The van der Waals surface area contributed by atoms with Crippen molar-refractivity contribution in [1.29, 1.82) is 0 Å². The summed E-state index contributed by atoms with van der Waals surface area (Å²) in [6, 6.07) is 14.5. The summed E-state index contributed by atoms with van der Waals surface area (Å²) in [5.74, 6) is 1.68. The molecule has 0 saturated heterocycles. The smallest absolute Gasteiger partial charge is 0.130 e. The fourth-order valence-electron chi connectivity index (χ4n) is 2.85. The zero-order chi connectivity index (χ0) is 16.7. The van der Waals surface area contributed by atoms with E-state index in [2.05, 4.69) is 43.0 Å². The minimum atomic E-state index is 0.838. The molecule has 0 unspecified atom stereocenters. The van der Waals surface area contributed by atoms with Crippen molar-refractivity contribution in [3.05, 3.63) is 48.0 Å². The Morgan fingerprint density at radius 3 is 2.04 bits per heavy atom. The van der Waals surface area contributed by atoms with Crippen molar-refractivity contribution < 1.29 is 9.47 Å². The van der Waals surface area contributed by atoms with Gasteiger partial charge in [0, 0.05) is 6.54 Å². The van der Waals surface area contributed by atoms with Crippen LogP contribution in [0.25, 0.3) is 11.1 Å². The predicted octanol–water partition coefficient (Wildman–Crippen LogP) is 4.26. The second-order valence-corrected chi connectivity index (χ2v) is 5.51. The molecule has 2 aromatic rings. The quantitative estimate of drug-likeness (QED) is 0.727. The molecule has 2 aromatic carbocycles. The first-order valence-corrected chi connectivity index (χ1v) is 8.26. The molecule has 0 radical (unpaired) electrons. The molecule has 0 aliphatic rings. The van der Waals surface area contributed by atoms with Gasteiger partial charge in [-0.05, 0) is 42.8 Å². The van der Waals surface area contributed by atoms with Gasteiger partial charge in [-0.1, -0.05) is 44.2 Å². The molecule has 2 rings (SSSR count). The summed E-state index contributed by atoms with van der Waals surface area (Å²) in [6.07, 6.45) is 1.05. The van der Waals surface area contributed by atoms with Crippen molar-refractivity contribution >= 4 is 0 Å². The van der Waals surface area contributed by atoms with E-state index in [1.54, 1.807) is 14.2 Å². The number of methoxy groups -OCH3 is 2. The SMILES string of the molecule is CCN(CC)CCc1cccc(-c2c(OC)cccc2OC)c1. The van der Waals surface area contributed by atoms with Crippen LogP contribution in [-0.4, -0.2) is 38.8 Å². The molecule has 0 bridgehead atoms. The number of nitrogens with zero attached hydrogens (tertiary/aromatic N) is 1. The topological polar surface area (TPSA) is 21.7 Å². The van der Waals surface area contributed by atoms with Crippen LogP contribution < -0.4 is 9.47 Å². The highest BCUT2D eigenvalue weighted by atomic mass is 16.5. The maximum absolute atomic E-state index is 5.53. The summed E-state index contributed by atoms with van der Waals surface area (Å²) in [4.78, 5) is 2.44. The first-order valence-electron chi connectivity index (χ1n) is 8.26. The summed E-state index contributed by atoms with van der Waals surface area (Å²) in [5, 5.41) is 0. The normalized spacial score (nSPS) is 10.8. The number of likely N-dealkylation sites (N-methyl/N-ethyl adjacent to an activating group) is 1. The van der Waals surface area contributed by atoms with E-state index in [0.29, 0.717) is 0 Å². The fraction of sp³-hybridized carbons (Fsp3) is 0.400. The van der Waals surface area contributed by atoms with Crippen molar-refractivity contribution in [1.82, 2.24) is 4.90 Å². The highest BCUT2D eigenvalue weighted by molar-refractivity contribution is 5.77. The average molecular weight is 313 g/mol. The lowest BCUT2D eigenvalue weighted by atomic mass is 10.00. The Balaban J connectivity index is 2.30. The van der Waals surface area contributed by atoms with Gasteiger partial charge >= 0.3 is 0 Å². The van der Waals surface area contributed by atoms with E-state index in [1.165, 1.54) is 5.56 Å². The van der Waals surface area contributed by atoms with Crippen LogP contribution in [0.4, 0.5) is 0 Å². The van der Waals surface area contributed by atoms with E-state index < -0.39 is 0 Å². The van der Waals surface area contributed by atoms with Gasteiger partial charge in [0.1, 0.15) is 11.5 Å². The maximum Gasteiger partial charge on any atom is 0.130 e. The van der Waals surface area contributed by atoms with Gasteiger partial charge in [-0.2, -0.15) is 0 Å². The zero-order valence-corrected chi connectivity index (χ0v) is 14.6. The van der Waals surface area contributed by atoms with E-state index >= 15 is 0 Å². The van der Waals surface area contributed by atoms with E-state index in [0.717, 1.165) is 48.7 Å². The molecule has 0 aliphatic heterocycles. The lowest BCUT2D eigenvalue weighted by molar-refractivity contribution is 0.308. The highest BCUT2D eigenvalue weighted by Gasteiger charge is 2.12. The van der Waals surface area contributed by atoms with Gasteiger partial charge < -0.3 is 14.4 Å². The Labute approximate surface area is 139 Å². The van der Waals surface area contributed by atoms with Crippen LogP contribution in [0.2, 0.25) is 0 Å². The van der Waals surface area contributed by atoms with Crippen LogP contribution in [0.5, 0.6) is 11.5 Å². The molecular formula is C20H27NO2. The molecule has 0 atom stereocenters.